The van der Waals surface area contributed by atoms with Crippen LogP contribution in [0.25, 0.3) is 18.2 Å². The minimum absolute atomic E-state index is 0.0479. The van der Waals surface area contributed by atoms with E-state index in [0.717, 1.165) is 192 Å². The van der Waals surface area contributed by atoms with Gasteiger partial charge in [-0.15, -0.1) is 0 Å². The normalized spacial score (nSPS) is 18.4. The number of hydrogen-bond donors (Lipinski definition) is 4. The average molecular weight is 857 g/mol. The third-order valence-electron chi connectivity index (χ3n) is 11.1. The average Bonchev–Trinajstić information content (AvgIpc) is 4.16. The van der Waals surface area contributed by atoms with Gasteiger partial charge in [0.25, 0.3) is 0 Å². The van der Waals surface area contributed by atoms with Gasteiger partial charge in [-0.2, -0.15) is 0 Å². The van der Waals surface area contributed by atoms with E-state index in [1.165, 1.54) is 0 Å². The fourth-order valence-corrected chi connectivity index (χ4v) is 7.69. The molecule has 0 amide bonds. The van der Waals surface area contributed by atoms with Gasteiger partial charge in [-0.3, -0.25) is 20.0 Å². The van der Waals surface area contributed by atoms with Crippen LogP contribution in [0.4, 0.5) is 0 Å². The highest BCUT2D eigenvalue weighted by Crippen LogP contribution is 2.26. The molecule has 1 unspecified atom stereocenters. The number of nitrogens with one attached hydrogen (secondary N) is 4. The van der Waals surface area contributed by atoms with Crippen LogP contribution >= 0.6 is 0 Å². The lowest BCUT2D eigenvalue weighted by atomic mass is 10.0. The van der Waals surface area contributed by atoms with Gasteiger partial charge in [0.15, 0.2) is 0 Å². The fraction of sp³-hybridized carbons (Fsp3) is 0.490. The first-order chi connectivity index (χ1) is 31.2. The maximum Gasteiger partial charge on any atom is 0.123 e. The van der Waals surface area contributed by atoms with Crippen LogP contribution < -0.4 is 30.7 Å². The van der Waals surface area contributed by atoms with Crippen molar-refractivity contribution in [2.24, 2.45) is 25.9 Å². The van der Waals surface area contributed by atoms with Gasteiger partial charge in [-0.05, 0) is 92.3 Å². The van der Waals surface area contributed by atoms with E-state index >= 15 is 0 Å². The van der Waals surface area contributed by atoms with E-state index in [-0.39, 0.29) is 5.92 Å². The number of rotatable bonds is 24. The summed E-state index contributed by atoms with van der Waals surface area (Å²) in [6.45, 7) is 9.62. The Morgan fingerprint density at radius 3 is 1.38 bits per heavy atom. The third-order valence-corrected chi connectivity index (χ3v) is 11.1. The van der Waals surface area contributed by atoms with Crippen molar-refractivity contribution < 1.29 is 18.9 Å². The molecule has 4 N–H and O–H groups in total. The molecular weight excluding hydrogens is 789 g/mol. The second kappa shape index (κ2) is 26.0. The first-order valence-corrected chi connectivity index (χ1v) is 23.5. The van der Waals surface area contributed by atoms with E-state index in [2.05, 4.69) is 120 Å². The molecule has 12 heteroatoms. The van der Waals surface area contributed by atoms with Crippen molar-refractivity contribution in [2.45, 2.75) is 77.0 Å². The second-order valence-electron chi connectivity index (χ2n) is 16.4. The summed E-state index contributed by atoms with van der Waals surface area (Å²) in [5, 5.41) is 13.8. The van der Waals surface area contributed by atoms with Gasteiger partial charge in [0, 0.05) is 96.1 Å². The molecule has 7 rings (SSSR count). The Labute approximate surface area is 374 Å². The molecule has 1 aliphatic carbocycles. The van der Waals surface area contributed by atoms with Crippen molar-refractivity contribution in [2.75, 3.05) is 78.8 Å². The van der Waals surface area contributed by atoms with Crippen molar-refractivity contribution in [1.29, 1.82) is 0 Å². The summed E-state index contributed by atoms with van der Waals surface area (Å²) in [6, 6.07) is 14.8. The molecule has 0 radical (unpaired) electrons. The fourth-order valence-electron chi connectivity index (χ4n) is 7.69. The van der Waals surface area contributed by atoms with Crippen LogP contribution in [0.15, 0.2) is 104 Å². The van der Waals surface area contributed by atoms with Crippen LogP contribution in [0.1, 0.15) is 93.7 Å². The zero-order valence-corrected chi connectivity index (χ0v) is 37.1. The van der Waals surface area contributed by atoms with Crippen molar-refractivity contribution >= 4 is 41.6 Å². The molecule has 2 aromatic carbocycles. The largest absolute Gasteiger partial charge is 0.494 e. The number of aliphatic imine (C=N–C) groups is 4. The highest BCUT2D eigenvalue weighted by Gasteiger charge is 2.11. The molecule has 4 aliphatic heterocycles. The van der Waals surface area contributed by atoms with Crippen molar-refractivity contribution in [3.63, 3.8) is 0 Å². The summed E-state index contributed by atoms with van der Waals surface area (Å²) in [4.78, 5) is 18.0. The van der Waals surface area contributed by atoms with E-state index in [9.17, 15) is 0 Å². The summed E-state index contributed by atoms with van der Waals surface area (Å²) in [7, 11) is 0. The summed E-state index contributed by atoms with van der Waals surface area (Å²) in [5.74, 6) is 7.79. The Hall–Kier alpha value is -5.78. The predicted molar refractivity (Wildman–Crippen MR) is 259 cm³/mol. The molecule has 2 aromatic rings. The summed E-state index contributed by atoms with van der Waals surface area (Å²) < 4.78 is 25.0. The van der Waals surface area contributed by atoms with E-state index in [1.807, 2.05) is 12.1 Å². The van der Waals surface area contributed by atoms with Crippen LogP contribution in [0.5, 0.6) is 11.5 Å². The molecule has 0 aromatic heterocycles. The standard InChI is InChI=1S/C51H68N8O4/c1-9-48(52-23-1)56-27-5-31-60-44-22-21-42(35-45(38-44)61-32-6-28-57-49-10-2-24-53-49)19-17-40-13-15-41(16-14-40)18-20-43-36-46(62-33-7-29-58-50-11-3-25-54-50)39-47(37-43)63-34-8-30-59-51-12-4-26-55-51/h13-22,35-39,42H,1-12,23-34H2,(H,52,56)(H,53,57)(H,54,58)(H,55,59)/b19-17+,20-18+. The lowest BCUT2D eigenvalue weighted by Crippen LogP contribution is -2.23. The van der Waals surface area contributed by atoms with Crippen LogP contribution in [-0.4, -0.2) is 102 Å². The van der Waals surface area contributed by atoms with Gasteiger partial charge in [0.2, 0.25) is 0 Å². The first kappa shape index (κ1) is 45.3. The first-order valence-electron chi connectivity index (χ1n) is 23.5. The zero-order valence-electron chi connectivity index (χ0n) is 37.1. The number of benzene rings is 2. The van der Waals surface area contributed by atoms with Gasteiger partial charge in [0.1, 0.15) is 23.0 Å². The van der Waals surface area contributed by atoms with Gasteiger partial charge in [0.05, 0.1) is 49.8 Å². The molecule has 0 saturated carbocycles. The number of allylic oxidation sites excluding steroid dienone is 5. The van der Waals surface area contributed by atoms with Gasteiger partial charge < -0.3 is 40.2 Å². The smallest absolute Gasteiger partial charge is 0.123 e. The van der Waals surface area contributed by atoms with Crippen LogP contribution in [0.3, 0.4) is 0 Å². The van der Waals surface area contributed by atoms with Gasteiger partial charge in [-0.25, -0.2) is 0 Å². The molecular formula is C51H68N8O4. The number of ether oxygens (including phenoxy) is 4. The SMILES string of the molecule is C1=CC(/C=C/c2ccc(/C=C/c3cc(OCCCNC4=NCCC4)cc(OCCCNC4=NCCC4)c3)cc2)C=C(OCCCNC2=NCCC2)C=C1OCCCNC1=NCCC1. The molecule has 0 saturated heterocycles. The minimum Gasteiger partial charge on any atom is -0.494 e. The molecule has 1 atom stereocenters. The monoisotopic (exact) mass is 857 g/mol. The van der Waals surface area contributed by atoms with Crippen LogP contribution in [0.2, 0.25) is 0 Å². The molecule has 0 bridgehead atoms. The third kappa shape index (κ3) is 16.8. The molecule has 12 nitrogen and oxygen atoms in total. The molecule has 5 aliphatic rings. The summed E-state index contributed by atoms with van der Waals surface area (Å²) in [5.41, 5.74) is 3.26. The molecule has 0 spiro atoms. The summed E-state index contributed by atoms with van der Waals surface area (Å²) >= 11 is 0. The topological polar surface area (TPSA) is 134 Å². The highest BCUT2D eigenvalue weighted by molar-refractivity contribution is 5.84. The Balaban J connectivity index is 0.924. The summed E-state index contributed by atoms with van der Waals surface area (Å²) in [6.07, 6.45) is 29.4. The second-order valence-corrected chi connectivity index (χ2v) is 16.4. The van der Waals surface area contributed by atoms with Gasteiger partial charge >= 0.3 is 0 Å². The predicted octanol–water partition coefficient (Wildman–Crippen LogP) is 8.30. The zero-order chi connectivity index (χ0) is 43.0. The quantitative estimate of drug-likeness (QED) is 0.0613. The van der Waals surface area contributed by atoms with E-state index in [4.69, 9.17) is 18.9 Å². The van der Waals surface area contributed by atoms with E-state index in [1.54, 1.807) is 0 Å². The van der Waals surface area contributed by atoms with E-state index < -0.39 is 0 Å². The number of nitrogens with zero attached hydrogens (tertiary/aromatic N) is 4. The lowest BCUT2D eigenvalue weighted by Gasteiger charge is -2.12. The van der Waals surface area contributed by atoms with E-state index in [0.29, 0.717) is 26.4 Å². The molecule has 0 fully saturated rings. The number of hydrogen-bond acceptors (Lipinski definition) is 12. The Morgan fingerprint density at radius 2 is 0.921 bits per heavy atom. The highest BCUT2D eigenvalue weighted by atomic mass is 16.5. The van der Waals surface area contributed by atoms with Crippen LogP contribution in [-0.2, 0) is 9.47 Å². The molecule has 63 heavy (non-hydrogen) atoms. The van der Waals surface area contributed by atoms with Gasteiger partial charge in [-0.1, -0.05) is 54.6 Å². The Bertz CT molecular complexity index is 1980. The molecule has 336 valence electrons. The lowest BCUT2D eigenvalue weighted by molar-refractivity contribution is 0.204. The van der Waals surface area contributed by atoms with Crippen molar-refractivity contribution in [3.8, 4) is 11.5 Å². The van der Waals surface area contributed by atoms with Crippen molar-refractivity contribution in [3.05, 3.63) is 101 Å². The Kier molecular flexibility index (Phi) is 18.7. The Morgan fingerprint density at radius 1 is 0.492 bits per heavy atom. The van der Waals surface area contributed by atoms with Crippen LogP contribution in [0, 0.1) is 5.92 Å². The number of amidine groups is 4. The molecule has 4 heterocycles. The maximum atomic E-state index is 6.31. The maximum absolute atomic E-state index is 6.31. The van der Waals surface area contributed by atoms with Crippen molar-refractivity contribution in [1.82, 2.24) is 21.3 Å². The minimum atomic E-state index is 0.0479.